The minimum atomic E-state index is 0.239. The van der Waals surface area contributed by atoms with Gasteiger partial charge in [0.25, 0.3) is 0 Å². The summed E-state index contributed by atoms with van der Waals surface area (Å²) in [5.74, 6) is 1.40. The fourth-order valence-corrected chi connectivity index (χ4v) is 2.92. The first-order chi connectivity index (χ1) is 8.22. The van der Waals surface area contributed by atoms with Crippen LogP contribution in [0.15, 0.2) is 6.20 Å². The molecule has 3 saturated heterocycles. The number of nitrogens with two attached hydrogens (primary N) is 1. The maximum absolute atomic E-state index is 5.84. The van der Waals surface area contributed by atoms with Gasteiger partial charge in [0.1, 0.15) is 0 Å². The van der Waals surface area contributed by atoms with E-state index in [0.29, 0.717) is 17.5 Å². The molecule has 4 rings (SSSR count). The molecule has 4 heterocycles. The number of piperidine rings is 3. The summed E-state index contributed by atoms with van der Waals surface area (Å²) in [6, 6.07) is 0.436. The van der Waals surface area contributed by atoms with Gasteiger partial charge in [-0.1, -0.05) is 0 Å². The van der Waals surface area contributed by atoms with Gasteiger partial charge in [0.2, 0.25) is 5.28 Å². The van der Waals surface area contributed by atoms with Crippen molar-refractivity contribution >= 4 is 23.1 Å². The topological polar surface area (TPSA) is 67.1 Å². The summed E-state index contributed by atoms with van der Waals surface area (Å²) in [5.41, 5.74) is 6.41. The van der Waals surface area contributed by atoms with Crippen LogP contribution in [-0.2, 0) is 0 Å². The second kappa shape index (κ2) is 4.31. The number of aromatic nitrogens is 2. The lowest BCUT2D eigenvalue weighted by atomic mass is 9.84. The Hall–Kier alpha value is -1.07. The van der Waals surface area contributed by atoms with Crippen molar-refractivity contribution in [2.45, 2.75) is 18.9 Å². The number of anilines is 2. The van der Waals surface area contributed by atoms with E-state index < -0.39 is 0 Å². The van der Waals surface area contributed by atoms with Gasteiger partial charge >= 0.3 is 0 Å². The lowest BCUT2D eigenvalue weighted by Crippen LogP contribution is -2.53. The van der Waals surface area contributed by atoms with E-state index in [1.807, 2.05) is 0 Å². The average molecular weight is 254 g/mol. The standard InChI is InChI=1S/C11H16ClN5/c12-11-14-5-8(13)10(16-11)15-9-6-17-3-1-7(9)2-4-17/h5,7,9H,1-4,6,13H2,(H,14,15,16). The Morgan fingerprint density at radius 2 is 2.18 bits per heavy atom. The van der Waals surface area contributed by atoms with Gasteiger partial charge < -0.3 is 16.0 Å². The van der Waals surface area contributed by atoms with E-state index in [2.05, 4.69) is 20.2 Å². The monoisotopic (exact) mass is 253 g/mol. The highest BCUT2D eigenvalue weighted by Crippen LogP contribution is 2.30. The normalized spacial score (nSPS) is 31.5. The zero-order valence-corrected chi connectivity index (χ0v) is 10.3. The molecule has 1 aromatic heterocycles. The SMILES string of the molecule is Nc1cnc(Cl)nc1NC1CN2CCC1CC2. The molecule has 6 heteroatoms. The van der Waals surface area contributed by atoms with Gasteiger partial charge in [0, 0.05) is 12.6 Å². The van der Waals surface area contributed by atoms with E-state index in [1.165, 1.54) is 25.9 Å². The summed E-state index contributed by atoms with van der Waals surface area (Å²) in [5, 5.41) is 3.66. The Morgan fingerprint density at radius 1 is 1.41 bits per heavy atom. The zero-order chi connectivity index (χ0) is 11.8. The zero-order valence-electron chi connectivity index (χ0n) is 9.56. The van der Waals surface area contributed by atoms with Crippen LogP contribution in [0.4, 0.5) is 11.5 Å². The highest BCUT2D eigenvalue weighted by molar-refractivity contribution is 6.28. The van der Waals surface area contributed by atoms with Gasteiger partial charge in [-0.2, -0.15) is 4.98 Å². The van der Waals surface area contributed by atoms with E-state index in [0.717, 1.165) is 12.5 Å². The molecule has 1 unspecified atom stereocenters. The van der Waals surface area contributed by atoms with E-state index in [4.69, 9.17) is 17.3 Å². The second-order valence-corrected chi connectivity index (χ2v) is 5.17. The molecule has 0 spiro atoms. The number of hydrogen-bond donors (Lipinski definition) is 2. The number of halogens is 1. The minimum Gasteiger partial charge on any atom is -0.394 e. The average Bonchev–Trinajstić information content (AvgIpc) is 2.35. The van der Waals surface area contributed by atoms with E-state index in [9.17, 15) is 0 Å². The molecule has 3 N–H and O–H groups in total. The van der Waals surface area contributed by atoms with Gasteiger partial charge in [-0.05, 0) is 43.5 Å². The van der Waals surface area contributed by atoms with Gasteiger partial charge in [-0.15, -0.1) is 0 Å². The highest BCUT2D eigenvalue weighted by atomic mass is 35.5. The van der Waals surface area contributed by atoms with E-state index in [1.54, 1.807) is 6.20 Å². The van der Waals surface area contributed by atoms with Crippen molar-refractivity contribution in [2.75, 3.05) is 30.7 Å². The predicted molar refractivity (Wildman–Crippen MR) is 68.0 cm³/mol. The third-order valence-corrected chi connectivity index (χ3v) is 3.95. The summed E-state index contributed by atoms with van der Waals surface area (Å²) < 4.78 is 0. The Morgan fingerprint density at radius 3 is 2.82 bits per heavy atom. The summed E-state index contributed by atoms with van der Waals surface area (Å²) in [6.07, 6.45) is 4.08. The Kier molecular flexibility index (Phi) is 2.80. The van der Waals surface area contributed by atoms with Crippen LogP contribution in [-0.4, -0.2) is 40.5 Å². The molecule has 0 saturated carbocycles. The highest BCUT2D eigenvalue weighted by Gasteiger charge is 2.34. The fraction of sp³-hybridized carbons (Fsp3) is 0.636. The van der Waals surface area contributed by atoms with Crippen molar-refractivity contribution in [3.8, 4) is 0 Å². The number of rotatable bonds is 2. The second-order valence-electron chi connectivity index (χ2n) is 4.83. The smallest absolute Gasteiger partial charge is 0.224 e. The Bertz CT molecular complexity index is 416. The first-order valence-corrected chi connectivity index (χ1v) is 6.37. The molecule has 3 aliphatic heterocycles. The van der Waals surface area contributed by atoms with Crippen molar-refractivity contribution in [1.29, 1.82) is 0 Å². The van der Waals surface area contributed by atoms with Gasteiger partial charge in [0.05, 0.1) is 11.9 Å². The first-order valence-electron chi connectivity index (χ1n) is 5.99. The van der Waals surface area contributed by atoms with Crippen LogP contribution in [0.3, 0.4) is 0 Å². The quantitative estimate of drug-likeness (QED) is 0.776. The molecule has 2 bridgehead atoms. The third-order valence-electron chi connectivity index (χ3n) is 3.77. The van der Waals surface area contributed by atoms with Crippen LogP contribution in [0.25, 0.3) is 0 Å². The van der Waals surface area contributed by atoms with E-state index >= 15 is 0 Å². The molecule has 0 aromatic carbocycles. The predicted octanol–water partition coefficient (Wildman–Crippen LogP) is 1.22. The molecule has 3 aliphatic rings. The number of fused-ring (bicyclic) bond motifs is 3. The fourth-order valence-electron chi connectivity index (χ4n) is 2.79. The lowest BCUT2D eigenvalue weighted by Gasteiger charge is -2.45. The van der Waals surface area contributed by atoms with Gasteiger partial charge in [-0.25, -0.2) is 4.98 Å². The molecule has 5 nitrogen and oxygen atoms in total. The van der Waals surface area contributed by atoms with Crippen molar-refractivity contribution in [3.63, 3.8) is 0 Å². The molecule has 0 aliphatic carbocycles. The number of nitrogens with zero attached hydrogens (tertiary/aromatic N) is 3. The summed E-state index contributed by atoms with van der Waals surface area (Å²) in [6.45, 7) is 3.53. The van der Waals surface area contributed by atoms with Gasteiger partial charge in [0.15, 0.2) is 5.82 Å². The van der Waals surface area contributed by atoms with Crippen LogP contribution in [0.2, 0.25) is 5.28 Å². The summed E-state index contributed by atoms with van der Waals surface area (Å²) in [7, 11) is 0. The van der Waals surface area contributed by atoms with Gasteiger partial charge in [-0.3, -0.25) is 0 Å². The number of nitrogens with one attached hydrogen (secondary N) is 1. The van der Waals surface area contributed by atoms with Crippen LogP contribution in [0, 0.1) is 5.92 Å². The van der Waals surface area contributed by atoms with Crippen LogP contribution >= 0.6 is 11.6 Å². The van der Waals surface area contributed by atoms with Crippen molar-refractivity contribution < 1.29 is 0 Å². The largest absolute Gasteiger partial charge is 0.394 e. The molecule has 1 aromatic rings. The van der Waals surface area contributed by atoms with Crippen LogP contribution in [0.1, 0.15) is 12.8 Å². The molecular formula is C11H16ClN5. The molecular weight excluding hydrogens is 238 g/mol. The molecule has 17 heavy (non-hydrogen) atoms. The maximum Gasteiger partial charge on any atom is 0.224 e. The number of hydrogen-bond acceptors (Lipinski definition) is 5. The van der Waals surface area contributed by atoms with Crippen molar-refractivity contribution in [1.82, 2.24) is 14.9 Å². The summed E-state index contributed by atoms with van der Waals surface area (Å²) in [4.78, 5) is 10.5. The minimum absolute atomic E-state index is 0.239. The van der Waals surface area contributed by atoms with Crippen LogP contribution < -0.4 is 11.1 Å². The lowest BCUT2D eigenvalue weighted by molar-refractivity contribution is 0.0974. The maximum atomic E-state index is 5.84. The van der Waals surface area contributed by atoms with Crippen molar-refractivity contribution in [3.05, 3.63) is 11.5 Å². The Labute approximate surface area is 105 Å². The third kappa shape index (κ3) is 2.17. The van der Waals surface area contributed by atoms with Crippen molar-refractivity contribution in [2.24, 2.45) is 5.92 Å². The van der Waals surface area contributed by atoms with E-state index in [-0.39, 0.29) is 5.28 Å². The molecule has 3 fully saturated rings. The summed E-state index contributed by atoms with van der Waals surface area (Å²) >= 11 is 5.79. The number of nitrogen functional groups attached to an aromatic ring is 1. The molecule has 92 valence electrons. The molecule has 0 radical (unpaired) electrons. The first kappa shape index (κ1) is 11.0. The molecule has 0 amide bonds. The Balaban J connectivity index is 1.76. The molecule has 1 atom stereocenters. The van der Waals surface area contributed by atoms with Crippen LogP contribution in [0.5, 0.6) is 0 Å².